The molecular weight excluding hydrogens is 391 g/mol. The van der Waals surface area contributed by atoms with Gasteiger partial charge in [0.05, 0.1) is 5.57 Å². The predicted molar refractivity (Wildman–Crippen MR) is 108 cm³/mol. The van der Waals surface area contributed by atoms with Crippen molar-refractivity contribution in [2.45, 2.75) is 32.1 Å². The Labute approximate surface area is 165 Å². The Balaban J connectivity index is 1.64. The van der Waals surface area contributed by atoms with Gasteiger partial charge in [0, 0.05) is 16.0 Å². The van der Waals surface area contributed by atoms with Crippen molar-refractivity contribution in [3.63, 3.8) is 0 Å². The zero-order chi connectivity index (χ0) is 18.3. The number of aliphatic imine (C=N–C) groups is 1. The maximum atomic E-state index is 12.5. The van der Waals surface area contributed by atoms with Crippen LogP contribution >= 0.6 is 35.0 Å². The number of carbonyl (C=O) groups is 1. The summed E-state index contributed by atoms with van der Waals surface area (Å²) in [6.07, 6.45) is 7.46. The fourth-order valence-electron chi connectivity index (χ4n) is 3.30. The minimum atomic E-state index is -0.445. The molecule has 3 aliphatic rings. The summed E-state index contributed by atoms with van der Waals surface area (Å²) in [5.74, 6) is -0.00715. The lowest BCUT2D eigenvalue weighted by Gasteiger charge is -2.20. The summed E-state index contributed by atoms with van der Waals surface area (Å²) in [5.41, 5.74) is 0.790. The van der Waals surface area contributed by atoms with Crippen molar-refractivity contribution in [2.75, 3.05) is 0 Å². The molecule has 134 valence electrons. The van der Waals surface area contributed by atoms with E-state index in [-0.39, 0.29) is 11.4 Å². The van der Waals surface area contributed by atoms with Crippen molar-refractivity contribution in [3.05, 3.63) is 39.4 Å². The van der Waals surface area contributed by atoms with E-state index < -0.39 is 5.91 Å². The number of amidine groups is 2. The van der Waals surface area contributed by atoms with Gasteiger partial charge < -0.3 is 0 Å². The summed E-state index contributed by atoms with van der Waals surface area (Å²) < 4.78 is 0. The number of nitrogens with one attached hydrogen (secondary N) is 1. The van der Waals surface area contributed by atoms with Gasteiger partial charge in [-0.1, -0.05) is 48.5 Å². The highest BCUT2D eigenvalue weighted by molar-refractivity contribution is 8.27. The Hall–Kier alpha value is -1.63. The Morgan fingerprint density at radius 3 is 2.73 bits per heavy atom. The Morgan fingerprint density at radius 2 is 2.00 bits per heavy atom. The molecule has 1 aromatic rings. The molecular formula is C18H16Cl2N4OS. The average molecular weight is 407 g/mol. The summed E-state index contributed by atoms with van der Waals surface area (Å²) in [4.78, 5) is 16.6. The molecule has 26 heavy (non-hydrogen) atoms. The first-order chi connectivity index (χ1) is 12.5. The molecule has 8 heteroatoms. The lowest BCUT2D eigenvalue weighted by Crippen LogP contribution is -2.35. The molecule has 1 saturated carbocycles. The van der Waals surface area contributed by atoms with Crippen LogP contribution in [0.4, 0.5) is 0 Å². The molecule has 1 aromatic carbocycles. The SMILES string of the molecule is N=C1C(=Cc2ccc(Cl)cc2Cl)C(=O)N=C2SC(C3CCCCC3)=NN12. The Bertz CT molecular complexity index is 887. The van der Waals surface area contributed by atoms with Gasteiger partial charge in [0.2, 0.25) is 5.17 Å². The van der Waals surface area contributed by atoms with Gasteiger partial charge in [0.15, 0.2) is 5.84 Å². The fourth-order valence-corrected chi connectivity index (χ4v) is 4.82. The number of nitrogens with zero attached hydrogens (tertiary/aromatic N) is 3. The summed E-state index contributed by atoms with van der Waals surface area (Å²) >= 11 is 13.5. The van der Waals surface area contributed by atoms with Gasteiger partial charge in [-0.25, -0.2) is 0 Å². The van der Waals surface area contributed by atoms with Crippen LogP contribution in [0.5, 0.6) is 0 Å². The van der Waals surface area contributed by atoms with Crippen LogP contribution in [-0.4, -0.2) is 27.0 Å². The molecule has 0 aromatic heterocycles. The highest BCUT2D eigenvalue weighted by Crippen LogP contribution is 2.36. The van der Waals surface area contributed by atoms with Crippen molar-refractivity contribution >= 4 is 63.0 Å². The molecule has 1 fully saturated rings. The van der Waals surface area contributed by atoms with Crippen molar-refractivity contribution in [2.24, 2.45) is 16.0 Å². The van der Waals surface area contributed by atoms with E-state index in [4.69, 9.17) is 28.6 Å². The van der Waals surface area contributed by atoms with Crippen LogP contribution in [0.1, 0.15) is 37.7 Å². The van der Waals surface area contributed by atoms with E-state index in [1.54, 1.807) is 24.3 Å². The third kappa shape index (κ3) is 3.33. The molecule has 0 atom stereocenters. The van der Waals surface area contributed by atoms with Crippen LogP contribution < -0.4 is 0 Å². The highest BCUT2D eigenvalue weighted by atomic mass is 35.5. The summed E-state index contributed by atoms with van der Waals surface area (Å²) in [6.45, 7) is 0. The maximum absolute atomic E-state index is 12.5. The molecule has 5 nitrogen and oxygen atoms in total. The van der Waals surface area contributed by atoms with Crippen molar-refractivity contribution in [1.82, 2.24) is 5.01 Å². The molecule has 2 aliphatic heterocycles. The van der Waals surface area contributed by atoms with Crippen molar-refractivity contribution < 1.29 is 4.79 Å². The van der Waals surface area contributed by atoms with Crippen LogP contribution in [0.25, 0.3) is 6.08 Å². The average Bonchev–Trinajstić information content (AvgIpc) is 3.05. The number of hydrogen-bond acceptors (Lipinski definition) is 4. The lowest BCUT2D eigenvalue weighted by molar-refractivity contribution is -0.114. The number of fused-ring (bicyclic) bond motifs is 1. The number of halogens is 2. The Kier molecular flexibility index (Phi) is 4.90. The number of hydrazone groups is 1. The molecule has 0 unspecified atom stereocenters. The number of carbonyl (C=O) groups excluding carboxylic acids is 1. The molecule has 0 bridgehead atoms. The zero-order valence-corrected chi connectivity index (χ0v) is 16.2. The topological polar surface area (TPSA) is 68.9 Å². The highest BCUT2D eigenvalue weighted by Gasteiger charge is 2.37. The normalized spacial score (nSPS) is 22.5. The van der Waals surface area contributed by atoms with Gasteiger partial charge in [-0.05, 0) is 48.4 Å². The number of rotatable bonds is 2. The van der Waals surface area contributed by atoms with E-state index in [2.05, 4.69) is 10.1 Å². The maximum Gasteiger partial charge on any atom is 0.283 e. The quantitative estimate of drug-likeness (QED) is 0.686. The van der Waals surface area contributed by atoms with E-state index in [0.717, 1.165) is 17.9 Å². The molecule has 1 amide bonds. The van der Waals surface area contributed by atoms with Crippen LogP contribution in [0.15, 0.2) is 33.9 Å². The van der Waals surface area contributed by atoms with E-state index in [1.807, 2.05) is 0 Å². The number of benzene rings is 1. The molecule has 1 N–H and O–H groups in total. The Morgan fingerprint density at radius 1 is 1.23 bits per heavy atom. The molecule has 0 saturated heterocycles. The standard InChI is InChI=1S/C18H16Cl2N4OS/c19-12-7-6-11(14(20)9-12)8-13-15(21)24-18(22-16(13)25)26-17(23-24)10-4-2-1-3-5-10/h6-10,21H,1-5H2. The van der Waals surface area contributed by atoms with Crippen LogP contribution in [0.3, 0.4) is 0 Å². The summed E-state index contributed by atoms with van der Waals surface area (Å²) in [6, 6.07) is 5.01. The largest absolute Gasteiger partial charge is 0.283 e. The van der Waals surface area contributed by atoms with Gasteiger partial charge in [-0.15, -0.1) is 0 Å². The monoisotopic (exact) mass is 406 g/mol. The van der Waals surface area contributed by atoms with Crippen molar-refractivity contribution in [3.8, 4) is 0 Å². The lowest BCUT2D eigenvalue weighted by atomic mass is 9.90. The number of hydrogen-bond donors (Lipinski definition) is 1. The second kappa shape index (κ2) is 7.18. The third-order valence-corrected chi connectivity index (χ3v) is 6.32. The van der Waals surface area contributed by atoms with Gasteiger partial charge in [0.25, 0.3) is 5.91 Å². The molecule has 1 aliphatic carbocycles. The molecule has 4 rings (SSSR count). The molecule has 0 radical (unpaired) electrons. The van der Waals surface area contributed by atoms with E-state index >= 15 is 0 Å². The first-order valence-corrected chi connectivity index (χ1v) is 10.1. The second-order valence-electron chi connectivity index (χ2n) is 6.46. The zero-order valence-electron chi connectivity index (χ0n) is 13.8. The third-order valence-electron chi connectivity index (χ3n) is 4.69. The van der Waals surface area contributed by atoms with Crippen LogP contribution in [0, 0.1) is 11.3 Å². The van der Waals surface area contributed by atoms with Crippen LogP contribution in [0.2, 0.25) is 10.0 Å². The van der Waals surface area contributed by atoms with E-state index in [9.17, 15) is 4.79 Å². The second-order valence-corrected chi connectivity index (χ2v) is 8.29. The number of thioether (sulfide) groups is 1. The van der Waals surface area contributed by atoms with E-state index in [1.165, 1.54) is 36.0 Å². The molecule has 0 spiro atoms. The molecule has 2 heterocycles. The minimum Gasteiger partial charge on any atom is -0.282 e. The fraction of sp³-hybridized carbons (Fsp3) is 0.333. The number of amides is 1. The van der Waals surface area contributed by atoms with Crippen molar-refractivity contribution in [1.29, 1.82) is 5.41 Å². The first kappa shape index (κ1) is 17.8. The summed E-state index contributed by atoms with van der Waals surface area (Å²) in [7, 11) is 0. The van der Waals surface area contributed by atoms with Crippen LogP contribution in [-0.2, 0) is 4.79 Å². The van der Waals surface area contributed by atoms with Gasteiger partial charge in [0.1, 0.15) is 5.04 Å². The van der Waals surface area contributed by atoms with Gasteiger partial charge >= 0.3 is 0 Å². The predicted octanol–water partition coefficient (Wildman–Crippen LogP) is 5.19. The minimum absolute atomic E-state index is 0.0318. The smallest absolute Gasteiger partial charge is 0.282 e. The van der Waals surface area contributed by atoms with Gasteiger partial charge in [-0.2, -0.15) is 15.1 Å². The first-order valence-electron chi connectivity index (χ1n) is 8.48. The van der Waals surface area contributed by atoms with Gasteiger partial charge in [-0.3, -0.25) is 10.2 Å². The summed E-state index contributed by atoms with van der Waals surface area (Å²) in [5, 5.41) is 16.9. The van der Waals surface area contributed by atoms with E-state index in [0.29, 0.717) is 26.7 Å².